The monoisotopic (exact) mass is 323 g/mol. The van der Waals surface area contributed by atoms with Crippen LogP contribution in [0.4, 0.5) is 0 Å². The van der Waals surface area contributed by atoms with Gasteiger partial charge in [-0.1, -0.05) is 44.2 Å². The SMILES string of the molecule is CC1CC(C)CN(C(=O)c2ccc(OCc3ccccc3)cc2)C1. The Kier molecular flexibility index (Phi) is 5.19. The van der Waals surface area contributed by atoms with Gasteiger partial charge in [-0.25, -0.2) is 0 Å². The number of nitrogens with zero attached hydrogens (tertiary/aromatic N) is 1. The summed E-state index contributed by atoms with van der Waals surface area (Å²) in [6.45, 7) is 6.69. The molecule has 0 N–H and O–H groups in total. The smallest absolute Gasteiger partial charge is 0.253 e. The van der Waals surface area contributed by atoms with Crippen molar-refractivity contribution in [2.24, 2.45) is 11.8 Å². The van der Waals surface area contributed by atoms with Crippen molar-refractivity contribution in [1.29, 1.82) is 0 Å². The molecule has 1 amide bonds. The molecular formula is C21H25NO2. The fourth-order valence-corrected chi connectivity index (χ4v) is 3.45. The summed E-state index contributed by atoms with van der Waals surface area (Å²) in [7, 11) is 0. The number of rotatable bonds is 4. The van der Waals surface area contributed by atoms with Gasteiger partial charge in [0.2, 0.25) is 0 Å². The molecule has 24 heavy (non-hydrogen) atoms. The average molecular weight is 323 g/mol. The first kappa shape index (κ1) is 16.6. The predicted molar refractivity (Wildman–Crippen MR) is 96.1 cm³/mol. The van der Waals surface area contributed by atoms with Gasteiger partial charge in [0.15, 0.2) is 0 Å². The first-order valence-electron chi connectivity index (χ1n) is 8.68. The van der Waals surface area contributed by atoms with E-state index in [4.69, 9.17) is 4.74 Å². The maximum Gasteiger partial charge on any atom is 0.253 e. The van der Waals surface area contributed by atoms with E-state index in [0.717, 1.165) is 30.0 Å². The second kappa shape index (κ2) is 7.52. The third-order valence-electron chi connectivity index (χ3n) is 4.51. The van der Waals surface area contributed by atoms with E-state index in [9.17, 15) is 4.79 Å². The first-order valence-corrected chi connectivity index (χ1v) is 8.68. The van der Waals surface area contributed by atoms with Crippen molar-refractivity contribution in [1.82, 2.24) is 4.90 Å². The minimum absolute atomic E-state index is 0.128. The Labute approximate surface area is 144 Å². The lowest BCUT2D eigenvalue weighted by Crippen LogP contribution is -2.42. The minimum Gasteiger partial charge on any atom is -0.489 e. The Morgan fingerprint density at radius 2 is 1.62 bits per heavy atom. The Balaban J connectivity index is 1.60. The van der Waals surface area contributed by atoms with Gasteiger partial charge < -0.3 is 9.64 Å². The molecule has 3 rings (SSSR count). The maximum absolute atomic E-state index is 12.7. The second-order valence-electron chi connectivity index (χ2n) is 6.95. The fourth-order valence-electron chi connectivity index (χ4n) is 3.45. The van der Waals surface area contributed by atoms with Gasteiger partial charge in [0.1, 0.15) is 12.4 Å². The molecule has 1 heterocycles. The summed E-state index contributed by atoms with van der Waals surface area (Å²) in [6, 6.07) is 17.6. The van der Waals surface area contributed by atoms with Crippen LogP contribution in [0.1, 0.15) is 36.2 Å². The lowest BCUT2D eigenvalue weighted by atomic mass is 9.91. The van der Waals surface area contributed by atoms with E-state index < -0.39 is 0 Å². The van der Waals surface area contributed by atoms with E-state index >= 15 is 0 Å². The third kappa shape index (κ3) is 4.16. The highest BCUT2D eigenvalue weighted by atomic mass is 16.5. The van der Waals surface area contributed by atoms with Crippen LogP contribution in [0, 0.1) is 11.8 Å². The van der Waals surface area contributed by atoms with Crippen LogP contribution in [0.5, 0.6) is 5.75 Å². The summed E-state index contributed by atoms with van der Waals surface area (Å²) in [5.74, 6) is 2.07. The molecule has 0 radical (unpaired) electrons. The minimum atomic E-state index is 0.128. The molecule has 0 aliphatic carbocycles. The molecule has 126 valence electrons. The van der Waals surface area contributed by atoms with Crippen LogP contribution < -0.4 is 4.74 Å². The van der Waals surface area contributed by atoms with Crippen LogP contribution in [0.15, 0.2) is 54.6 Å². The number of piperidine rings is 1. The van der Waals surface area contributed by atoms with Gasteiger partial charge >= 0.3 is 0 Å². The predicted octanol–water partition coefficient (Wildman–Crippen LogP) is 4.38. The molecule has 0 aromatic heterocycles. The lowest BCUT2D eigenvalue weighted by Gasteiger charge is -2.35. The van der Waals surface area contributed by atoms with Crippen molar-refractivity contribution in [2.45, 2.75) is 26.9 Å². The lowest BCUT2D eigenvalue weighted by molar-refractivity contribution is 0.0623. The van der Waals surface area contributed by atoms with Crippen LogP contribution in [-0.2, 0) is 6.61 Å². The zero-order valence-electron chi connectivity index (χ0n) is 14.4. The Morgan fingerprint density at radius 1 is 1.00 bits per heavy atom. The van der Waals surface area contributed by atoms with Gasteiger partial charge in [-0.2, -0.15) is 0 Å². The second-order valence-corrected chi connectivity index (χ2v) is 6.95. The van der Waals surface area contributed by atoms with E-state index in [1.54, 1.807) is 0 Å². The fraction of sp³-hybridized carbons (Fsp3) is 0.381. The van der Waals surface area contributed by atoms with Crippen molar-refractivity contribution < 1.29 is 9.53 Å². The molecule has 2 atom stereocenters. The normalized spacial score (nSPS) is 20.7. The van der Waals surface area contributed by atoms with Crippen LogP contribution in [0.25, 0.3) is 0 Å². The maximum atomic E-state index is 12.7. The van der Waals surface area contributed by atoms with Gasteiger partial charge in [0, 0.05) is 18.7 Å². The van der Waals surface area contributed by atoms with Crippen molar-refractivity contribution in [3.05, 3.63) is 65.7 Å². The topological polar surface area (TPSA) is 29.5 Å². The average Bonchev–Trinajstić information content (AvgIpc) is 2.60. The van der Waals surface area contributed by atoms with E-state index in [0.29, 0.717) is 18.4 Å². The number of hydrogen-bond acceptors (Lipinski definition) is 2. The van der Waals surface area contributed by atoms with Gasteiger partial charge in [-0.3, -0.25) is 4.79 Å². The third-order valence-corrected chi connectivity index (χ3v) is 4.51. The van der Waals surface area contributed by atoms with E-state index in [1.165, 1.54) is 6.42 Å². The zero-order chi connectivity index (χ0) is 16.9. The zero-order valence-corrected chi connectivity index (χ0v) is 14.4. The summed E-state index contributed by atoms with van der Waals surface area (Å²) in [4.78, 5) is 14.7. The first-order chi connectivity index (χ1) is 11.6. The molecule has 2 aromatic carbocycles. The van der Waals surface area contributed by atoms with Crippen LogP contribution in [0.3, 0.4) is 0 Å². The van der Waals surface area contributed by atoms with Gasteiger partial charge in [0.25, 0.3) is 5.91 Å². The van der Waals surface area contributed by atoms with Gasteiger partial charge in [0.05, 0.1) is 0 Å². The number of carbonyl (C=O) groups excluding carboxylic acids is 1. The van der Waals surface area contributed by atoms with Gasteiger partial charge in [-0.05, 0) is 48.1 Å². The number of hydrogen-bond donors (Lipinski definition) is 0. The van der Waals surface area contributed by atoms with E-state index in [1.807, 2.05) is 59.5 Å². The Bertz CT molecular complexity index is 656. The molecule has 0 bridgehead atoms. The molecule has 3 heteroatoms. The summed E-state index contributed by atoms with van der Waals surface area (Å²) < 4.78 is 5.78. The van der Waals surface area contributed by atoms with Crippen LogP contribution in [0.2, 0.25) is 0 Å². The summed E-state index contributed by atoms with van der Waals surface area (Å²) >= 11 is 0. The van der Waals surface area contributed by atoms with Crippen molar-refractivity contribution in [3.63, 3.8) is 0 Å². The van der Waals surface area contributed by atoms with Crippen molar-refractivity contribution in [3.8, 4) is 5.75 Å². The molecule has 0 spiro atoms. The van der Waals surface area contributed by atoms with Crippen LogP contribution in [-0.4, -0.2) is 23.9 Å². The summed E-state index contributed by atoms with van der Waals surface area (Å²) in [6.07, 6.45) is 1.20. The summed E-state index contributed by atoms with van der Waals surface area (Å²) in [5, 5.41) is 0. The van der Waals surface area contributed by atoms with E-state index in [-0.39, 0.29) is 5.91 Å². The standard InChI is InChI=1S/C21H25NO2/c1-16-12-17(2)14-22(13-16)21(23)19-8-10-20(11-9-19)24-15-18-6-4-3-5-7-18/h3-11,16-17H,12-15H2,1-2H3. The highest BCUT2D eigenvalue weighted by Gasteiger charge is 2.25. The Morgan fingerprint density at radius 3 is 2.25 bits per heavy atom. The largest absolute Gasteiger partial charge is 0.489 e. The Hall–Kier alpha value is -2.29. The number of likely N-dealkylation sites (tertiary alicyclic amines) is 1. The van der Waals surface area contributed by atoms with Gasteiger partial charge in [-0.15, -0.1) is 0 Å². The van der Waals surface area contributed by atoms with Crippen molar-refractivity contribution in [2.75, 3.05) is 13.1 Å². The number of carbonyl (C=O) groups is 1. The molecule has 1 saturated heterocycles. The molecule has 1 fully saturated rings. The molecule has 0 saturated carbocycles. The van der Waals surface area contributed by atoms with Crippen LogP contribution >= 0.6 is 0 Å². The molecule has 1 aliphatic heterocycles. The van der Waals surface area contributed by atoms with E-state index in [2.05, 4.69) is 13.8 Å². The molecule has 2 unspecified atom stereocenters. The van der Waals surface area contributed by atoms with Crippen molar-refractivity contribution >= 4 is 5.91 Å². The molecule has 3 nitrogen and oxygen atoms in total. The number of amides is 1. The number of benzene rings is 2. The highest BCUT2D eigenvalue weighted by molar-refractivity contribution is 5.94. The quantitative estimate of drug-likeness (QED) is 0.835. The molecular weight excluding hydrogens is 298 g/mol. The number of ether oxygens (including phenoxy) is 1. The summed E-state index contributed by atoms with van der Waals surface area (Å²) in [5.41, 5.74) is 1.87. The molecule has 1 aliphatic rings. The highest BCUT2D eigenvalue weighted by Crippen LogP contribution is 2.23. The molecule has 2 aromatic rings.